The first kappa shape index (κ1) is 37.2. The fraction of sp³-hybridized carbons (Fsp3) is 0.129. The van der Waals surface area contributed by atoms with Gasteiger partial charge in [0.1, 0.15) is 0 Å². The van der Waals surface area contributed by atoms with Crippen molar-refractivity contribution in [1.82, 2.24) is 0 Å². The monoisotopic (exact) mass is 820 g/mol. The summed E-state index contributed by atoms with van der Waals surface area (Å²) in [7, 11) is 0. The summed E-state index contributed by atoms with van der Waals surface area (Å²) in [6, 6.07) is 64.9. The van der Waals surface area contributed by atoms with Gasteiger partial charge in [0.2, 0.25) is 0 Å². The molecule has 0 fully saturated rings. The normalized spacial score (nSPS) is 15.4. The van der Waals surface area contributed by atoms with Crippen LogP contribution in [0.25, 0.3) is 60.6 Å². The third-order valence-corrected chi connectivity index (χ3v) is 14.5. The van der Waals surface area contributed by atoms with Crippen molar-refractivity contribution in [1.29, 1.82) is 0 Å². The van der Waals surface area contributed by atoms with Crippen molar-refractivity contribution in [2.75, 3.05) is 9.80 Å². The number of hydrogen-bond acceptors (Lipinski definition) is 2. The molecule has 0 saturated heterocycles. The molecule has 13 rings (SSSR count). The first-order chi connectivity index (χ1) is 31.7. The maximum Gasteiger partial charge on any atom is 0.0493 e. The maximum atomic E-state index is 2.57. The van der Waals surface area contributed by atoms with E-state index < -0.39 is 0 Å². The molecule has 2 aliphatic carbocycles. The van der Waals surface area contributed by atoms with Gasteiger partial charge in [0.05, 0.1) is 0 Å². The van der Waals surface area contributed by atoms with Crippen LogP contribution in [-0.4, -0.2) is 0 Å². The number of allylic oxidation sites excluding steroid dienone is 4. The van der Waals surface area contributed by atoms with Crippen LogP contribution in [-0.2, 0) is 25.7 Å². The van der Waals surface area contributed by atoms with E-state index in [9.17, 15) is 0 Å². The lowest BCUT2D eigenvalue weighted by Crippen LogP contribution is -2.18. The van der Waals surface area contributed by atoms with Crippen molar-refractivity contribution in [3.63, 3.8) is 0 Å². The van der Waals surface area contributed by atoms with Crippen molar-refractivity contribution in [2.45, 2.75) is 51.4 Å². The lowest BCUT2D eigenvalue weighted by atomic mass is 9.83. The lowest BCUT2D eigenvalue weighted by Gasteiger charge is -2.30. The van der Waals surface area contributed by atoms with Crippen molar-refractivity contribution >= 4 is 66.8 Å². The molecule has 9 aromatic carbocycles. The summed E-state index contributed by atoms with van der Waals surface area (Å²) >= 11 is 0. The number of hydrogen-bond donors (Lipinski definition) is 0. The summed E-state index contributed by atoms with van der Waals surface area (Å²) in [4.78, 5) is 5.10. The Hall–Kier alpha value is -7.42. The molecule has 9 aromatic rings. The molecule has 2 nitrogen and oxygen atoms in total. The van der Waals surface area contributed by atoms with Gasteiger partial charge in [-0.1, -0.05) is 140 Å². The Morgan fingerprint density at radius 3 is 1.59 bits per heavy atom. The Bertz CT molecular complexity index is 3420. The minimum Gasteiger partial charge on any atom is -0.310 e. The van der Waals surface area contributed by atoms with E-state index in [4.69, 9.17) is 0 Å². The average molecular weight is 821 g/mol. The highest BCUT2D eigenvalue weighted by atomic mass is 15.2. The van der Waals surface area contributed by atoms with Gasteiger partial charge in [-0.15, -0.1) is 0 Å². The van der Waals surface area contributed by atoms with E-state index in [1.807, 2.05) is 0 Å². The summed E-state index contributed by atoms with van der Waals surface area (Å²) in [5.74, 6) is 0. The Morgan fingerprint density at radius 2 is 0.891 bits per heavy atom. The second kappa shape index (κ2) is 15.1. The molecule has 0 unspecified atom stereocenters. The van der Waals surface area contributed by atoms with Crippen LogP contribution in [0, 0.1) is 0 Å². The fourth-order valence-electron chi connectivity index (χ4n) is 11.4. The van der Waals surface area contributed by atoms with Gasteiger partial charge in [-0.3, -0.25) is 0 Å². The van der Waals surface area contributed by atoms with E-state index >= 15 is 0 Å². The highest BCUT2D eigenvalue weighted by molar-refractivity contribution is 6.23. The summed E-state index contributed by atoms with van der Waals surface area (Å²) in [6.45, 7) is 0. The molecule has 306 valence electrons. The average Bonchev–Trinajstić information content (AvgIpc) is 3.63. The Labute approximate surface area is 375 Å². The number of anilines is 5. The molecule has 2 aliphatic heterocycles. The molecule has 0 N–H and O–H groups in total. The quantitative estimate of drug-likeness (QED) is 0.163. The van der Waals surface area contributed by atoms with Gasteiger partial charge in [-0.25, -0.2) is 0 Å². The molecule has 0 amide bonds. The molecule has 0 saturated carbocycles. The molecule has 0 atom stereocenters. The zero-order chi connectivity index (χ0) is 42.1. The smallest absolute Gasteiger partial charge is 0.0493 e. The Morgan fingerprint density at radius 1 is 0.344 bits per heavy atom. The fourth-order valence-corrected chi connectivity index (χ4v) is 11.4. The maximum absolute atomic E-state index is 2.57. The van der Waals surface area contributed by atoms with Crippen LogP contribution in [0.4, 0.5) is 28.4 Å². The predicted octanol–water partition coefficient (Wildman–Crippen LogP) is 16.7. The number of para-hydroxylation sites is 3. The topological polar surface area (TPSA) is 6.48 Å². The summed E-state index contributed by atoms with van der Waals surface area (Å²) in [6.07, 6.45) is 17.9. The molecular weight excluding hydrogens is 773 g/mol. The highest BCUT2D eigenvalue weighted by Crippen LogP contribution is 2.50. The second-order valence-electron chi connectivity index (χ2n) is 18.1. The third-order valence-electron chi connectivity index (χ3n) is 14.5. The van der Waals surface area contributed by atoms with E-state index in [-0.39, 0.29) is 0 Å². The number of nitrogens with zero attached hydrogens (tertiary/aromatic N) is 2. The molecule has 64 heavy (non-hydrogen) atoms. The molecule has 2 heterocycles. The van der Waals surface area contributed by atoms with Gasteiger partial charge in [0.15, 0.2) is 0 Å². The molecule has 0 aromatic heterocycles. The van der Waals surface area contributed by atoms with E-state index in [1.165, 1.54) is 117 Å². The van der Waals surface area contributed by atoms with Crippen LogP contribution in [0.2, 0.25) is 0 Å². The van der Waals surface area contributed by atoms with Crippen LogP contribution in [0.3, 0.4) is 0 Å². The van der Waals surface area contributed by atoms with Crippen LogP contribution in [0.1, 0.15) is 53.5 Å². The Kier molecular flexibility index (Phi) is 8.79. The van der Waals surface area contributed by atoms with E-state index in [0.717, 1.165) is 51.4 Å². The molecule has 2 heteroatoms. The summed E-state index contributed by atoms with van der Waals surface area (Å²) in [5.41, 5.74) is 21.1. The van der Waals surface area contributed by atoms with Crippen LogP contribution >= 0.6 is 0 Å². The predicted molar refractivity (Wildman–Crippen MR) is 272 cm³/mol. The SMILES string of the molecule is C1=CC2=C(CC1)CCc1ccccc1N2c1ccc2c(-c3ccc4c(c3)CCC=C4)c3cc(N4c5ccccc5CCc5ccccc54)ccc3c(-c3ccc4ccccc4c3)c2c1. The summed E-state index contributed by atoms with van der Waals surface area (Å²) in [5, 5.41) is 7.59. The second-order valence-corrected chi connectivity index (χ2v) is 18.1. The van der Waals surface area contributed by atoms with E-state index in [1.54, 1.807) is 5.57 Å². The van der Waals surface area contributed by atoms with Crippen LogP contribution in [0.5, 0.6) is 0 Å². The molecular formula is C62H48N2. The van der Waals surface area contributed by atoms with Gasteiger partial charge in [0, 0.05) is 34.1 Å². The zero-order valence-electron chi connectivity index (χ0n) is 36.0. The van der Waals surface area contributed by atoms with Crippen molar-refractivity contribution in [2.24, 2.45) is 0 Å². The number of aryl methyl sites for hydroxylation is 4. The number of benzene rings is 9. The number of fused-ring (bicyclic) bond motifs is 7. The van der Waals surface area contributed by atoms with E-state index in [2.05, 4.69) is 204 Å². The minimum absolute atomic E-state index is 1.01. The lowest BCUT2D eigenvalue weighted by molar-refractivity contribution is 0.833. The highest BCUT2D eigenvalue weighted by Gasteiger charge is 2.28. The van der Waals surface area contributed by atoms with Crippen molar-refractivity contribution in [3.05, 3.63) is 227 Å². The molecule has 0 radical (unpaired) electrons. The van der Waals surface area contributed by atoms with Crippen molar-refractivity contribution in [3.8, 4) is 22.3 Å². The van der Waals surface area contributed by atoms with Crippen LogP contribution in [0.15, 0.2) is 199 Å². The largest absolute Gasteiger partial charge is 0.310 e. The molecule has 0 bridgehead atoms. The standard InChI is InChI=1S/C62H48N2/c1-3-19-47-37-49(31-25-41(47)13-1)61-53-35-33-52(64-59-23-11-7-17-45(59)29-30-46-18-8-12-24-60(46)64)40-56(53)62(50-32-26-42-14-2-4-20-48(42)38-50)54-36-34-51(39-55(54)61)63-57-21-9-5-15-43(57)27-28-44-16-6-10-22-58(44)63/h1-3,5,7-15,17-19,21-26,31-40H,4,6,16,20,27-30H2. The van der Waals surface area contributed by atoms with E-state index in [0.29, 0.717) is 0 Å². The van der Waals surface area contributed by atoms with Gasteiger partial charge in [-0.05, 0) is 194 Å². The number of rotatable bonds is 4. The van der Waals surface area contributed by atoms with Gasteiger partial charge >= 0.3 is 0 Å². The van der Waals surface area contributed by atoms with Gasteiger partial charge < -0.3 is 9.80 Å². The summed E-state index contributed by atoms with van der Waals surface area (Å²) < 4.78 is 0. The Balaban J connectivity index is 1.14. The molecule has 4 aliphatic rings. The van der Waals surface area contributed by atoms with Gasteiger partial charge in [0.25, 0.3) is 0 Å². The van der Waals surface area contributed by atoms with Gasteiger partial charge in [-0.2, -0.15) is 0 Å². The minimum atomic E-state index is 1.01. The third kappa shape index (κ3) is 6.08. The van der Waals surface area contributed by atoms with Crippen LogP contribution < -0.4 is 9.80 Å². The first-order valence-corrected chi connectivity index (χ1v) is 23.3. The first-order valence-electron chi connectivity index (χ1n) is 23.3. The van der Waals surface area contributed by atoms with Crippen molar-refractivity contribution < 1.29 is 0 Å². The molecule has 0 spiro atoms. The zero-order valence-corrected chi connectivity index (χ0v) is 36.0.